The molecule has 0 amide bonds. The molecule has 1 nitrogen and oxygen atoms in total. The van der Waals surface area contributed by atoms with Gasteiger partial charge in [-0.3, -0.25) is 0 Å². The zero-order chi connectivity index (χ0) is 11.0. The molecule has 1 N–H and O–H groups in total. The van der Waals surface area contributed by atoms with Crippen LogP contribution in [0.25, 0.3) is 0 Å². The van der Waals surface area contributed by atoms with Crippen LogP contribution in [0.5, 0.6) is 5.75 Å². The Hall–Kier alpha value is -0.180. The van der Waals surface area contributed by atoms with Gasteiger partial charge in [-0.1, -0.05) is 48.7 Å². The highest BCUT2D eigenvalue weighted by Gasteiger charge is 2.22. The van der Waals surface area contributed by atoms with Crippen LogP contribution in [0, 0.1) is 5.82 Å². The lowest BCUT2D eigenvalue weighted by Crippen LogP contribution is -1.96. The van der Waals surface area contributed by atoms with Crippen LogP contribution in [0.15, 0.2) is 0 Å². The summed E-state index contributed by atoms with van der Waals surface area (Å²) >= 11 is 16.9. The van der Waals surface area contributed by atoms with Crippen molar-refractivity contribution in [1.29, 1.82) is 0 Å². The van der Waals surface area contributed by atoms with E-state index >= 15 is 0 Å². The molecule has 0 bridgehead atoms. The highest BCUT2D eigenvalue weighted by atomic mass is 35.5. The van der Waals surface area contributed by atoms with Crippen molar-refractivity contribution in [2.24, 2.45) is 0 Å². The first-order valence-electron chi connectivity index (χ1n) is 3.92. The maximum atomic E-state index is 13.5. The van der Waals surface area contributed by atoms with E-state index < -0.39 is 5.82 Å². The molecule has 0 saturated heterocycles. The normalized spacial score (nSPS) is 11.1. The molecule has 1 rings (SSSR count). The van der Waals surface area contributed by atoms with Gasteiger partial charge >= 0.3 is 0 Å². The lowest BCUT2D eigenvalue weighted by molar-refractivity contribution is 0.454. The zero-order valence-corrected chi connectivity index (χ0v) is 9.80. The second-order valence-electron chi connectivity index (χ2n) is 3.17. The largest absolute Gasteiger partial charge is 0.506 e. The van der Waals surface area contributed by atoms with Crippen molar-refractivity contribution in [1.82, 2.24) is 0 Å². The third-order valence-corrected chi connectivity index (χ3v) is 3.15. The Balaban J connectivity index is 3.60. The Labute approximate surface area is 96.4 Å². The molecular formula is C9H8Cl3FO. The summed E-state index contributed by atoms with van der Waals surface area (Å²) < 4.78 is 13.5. The van der Waals surface area contributed by atoms with E-state index in [4.69, 9.17) is 34.8 Å². The van der Waals surface area contributed by atoms with E-state index in [-0.39, 0.29) is 32.3 Å². The van der Waals surface area contributed by atoms with Gasteiger partial charge in [0.05, 0.1) is 10.0 Å². The molecule has 0 spiro atoms. The van der Waals surface area contributed by atoms with Crippen molar-refractivity contribution in [3.8, 4) is 5.75 Å². The first kappa shape index (κ1) is 11.9. The topological polar surface area (TPSA) is 20.2 Å². The van der Waals surface area contributed by atoms with Gasteiger partial charge in [-0.15, -0.1) is 0 Å². The van der Waals surface area contributed by atoms with Gasteiger partial charge in [0.15, 0.2) is 5.82 Å². The fourth-order valence-electron chi connectivity index (χ4n) is 1.16. The maximum Gasteiger partial charge on any atom is 0.150 e. The molecule has 0 saturated carbocycles. The molecule has 0 aliphatic rings. The molecule has 0 fully saturated rings. The average Bonchev–Trinajstić information content (AvgIpc) is 2.11. The van der Waals surface area contributed by atoms with Gasteiger partial charge in [-0.05, 0) is 5.92 Å². The monoisotopic (exact) mass is 256 g/mol. The van der Waals surface area contributed by atoms with Crippen molar-refractivity contribution in [3.05, 3.63) is 26.4 Å². The maximum absolute atomic E-state index is 13.5. The summed E-state index contributed by atoms with van der Waals surface area (Å²) in [7, 11) is 0. The second-order valence-corrected chi connectivity index (χ2v) is 4.31. The summed E-state index contributed by atoms with van der Waals surface area (Å²) in [6.45, 7) is 3.44. The Morgan fingerprint density at radius 2 is 1.57 bits per heavy atom. The van der Waals surface area contributed by atoms with Gasteiger partial charge in [0, 0.05) is 5.56 Å². The number of aromatic hydroxyl groups is 1. The third kappa shape index (κ3) is 1.79. The summed E-state index contributed by atoms with van der Waals surface area (Å²) in [5.74, 6) is -1.27. The number of phenols is 1. The van der Waals surface area contributed by atoms with Gasteiger partial charge in [-0.2, -0.15) is 0 Å². The zero-order valence-electron chi connectivity index (χ0n) is 7.54. The molecule has 0 aliphatic heterocycles. The Morgan fingerprint density at radius 3 is 2.00 bits per heavy atom. The number of hydrogen-bond acceptors (Lipinski definition) is 1. The van der Waals surface area contributed by atoms with Gasteiger partial charge in [0.1, 0.15) is 10.8 Å². The molecule has 5 heteroatoms. The highest BCUT2D eigenvalue weighted by Crippen LogP contribution is 2.44. The smallest absolute Gasteiger partial charge is 0.150 e. The SMILES string of the molecule is CC(C)c1c(O)c(Cl)c(Cl)c(Cl)c1F. The Morgan fingerprint density at radius 1 is 1.07 bits per heavy atom. The molecule has 0 atom stereocenters. The third-order valence-electron chi connectivity index (χ3n) is 1.85. The summed E-state index contributed by atoms with van der Waals surface area (Å²) in [6.07, 6.45) is 0. The summed E-state index contributed by atoms with van der Waals surface area (Å²) in [4.78, 5) is 0. The summed E-state index contributed by atoms with van der Waals surface area (Å²) in [6, 6.07) is 0. The van der Waals surface area contributed by atoms with E-state index in [2.05, 4.69) is 0 Å². The fraction of sp³-hybridized carbons (Fsp3) is 0.333. The van der Waals surface area contributed by atoms with Crippen LogP contribution in [0.3, 0.4) is 0 Å². The lowest BCUT2D eigenvalue weighted by Gasteiger charge is -2.13. The van der Waals surface area contributed by atoms with E-state index in [0.717, 1.165) is 0 Å². The minimum atomic E-state index is -0.714. The molecular weight excluding hydrogens is 249 g/mol. The average molecular weight is 258 g/mol. The van der Waals surface area contributed by atoms with Crippen molar-refractivity contribution in [2.75, 3.05) is 0 Å². The van der Waals surface area contributed by atoms with Crippen molar-refractivity contribution in [3.63, 3.8) is 0 Å². The first-order chi connectivity index (χ1) is 6.37. The lowest BCUT2D eigenvalue weighted by atomic mass is 10.0. The molecule has 0 aromatic heterocycles. The second kappa shape index (κ2) is 4.13. The van der Waals surface area contributed by atoms with Crippen molar-refractivity contribution >= 4 is 34.8 Å². The van der Waals surface area contributed by atoms with Gasteiger partial charge in [0.25, 0.3) is 0 Å². The Bertz CT molecular complexity index is 348. The number of rotatable bonds is 1. The van der Waals surface area contributed by atoms with Gasteiger partial charge < -0.3 is 5.11 Å². The van der Waals surface area contributed by atoms with Gasteiger partial charge in [0.2, 0.25) is 0 Å². The quantitative estimate of drug-likeness (QED) is 0.575. The molecule has 14 heavy (non-hydrogen) atoms. The van der Waals surface area contributed by atoms with E-state index in [0.29, 0.717) is 0 Å². The summed E-state index contributed by atoms with van der Waals surface area (Å²) in [5.41, 5.74) is 0.0874. The van der Waals surface area contributed by atoms with Crippen LogP contribution < -0.4 is 0 Å². The number of halogens is 4. The van der Waals surface area contributed by atoms with Crippen molar-refractivity contribution < 1.29 is 9.50 Å². The predicted molar refractivity (Wildman–Crippen MR) is 57.2 cm³/mol. The van der Waals surface area contributed by atoms with Crippen LogP contribution in [-0.4, -0.2) is 5.11 Å². The first-order valence-corrected chi connectivity index (χ1v) is 5.06. The predicted octanol–water partition coefficient (Wildman–Crippen LogP) is 4.61. The summed E-state index contributed by atoms with van der Waals surface area (Å²) in [5, 5.41) is 9.02. The highest BCUT2D eigenvalue weighted by molar-refractivity contribution is 6.48. The minimum Gasteiger partial charge on any atom is -0.506 e. The van der Waals surface area contributed by atoms with Crippen LogP contribution >= 0.6 is 34.8 Å². The van der Waals surface area contributed by atoms with Crippen LogP contribution in [0.1, 0.15) is 25.3 Å². The van der Waals surface area contributed by atoms with Crippen LogP contribution in [0.4, 0.5) is 4.39 Å². The van der Waals surface area contributed by atoms with E-state index in [1.54, 1.807) is 13.8 Å². The fourth-order valence-corrected chi connectivity index (χ4v) is 1.78. The molecule has 0 radical (unpaired) electrons. The van der Waals surface area contributed by atoms with E-state index in [1.165, 1.54) is 0 Å². The van der Waals surface area contributed by atoms with Gasteiger partial charge in [-0.25, -0.2) is 4.39 Å². The van der Waals surface area contributed by atoms with Crippen molar-refractivity contribution in [2.45, 2.75) is 19.8 Å². The molecule has 1 aromatic rings. The van der Waals surface area contributed by atoms with E-state index in [1.807, 2.05) is 0 Å². The number of benzene rings is 1. The molecule has 0 aliphatic carbocycles. The molecule has 0 heterocycles. The van der Waals surface area contributed by atoms with E-state index in [9.17, 15) is 9.50 Å². The Kier molecular flexibility index (Phi) is 3.51. The molecule has 78 valence electrons. The van der Waals surface area contributed by atoms with Crippen LogP contribution in [0.2, 0.25) is 15.1 Å². The van der Waals surface area contributed by atoms with Crippen LogP contribution in [-0.2, 0) is 0 Å². The standard InChI is InChI=1S/C9H8Cl3FO/c1-3(2)4-8(13)6(11)5(10)7(12)9(4)14/h3,14H,1-2H3. The number of hydrogen-bond donors (Lipinski definition) is 1. The molecule has 0 unspecified atom stereocenters. The minimum absolute atomic E-state index is 0.0874. The molecule has 1 aromatic carbocycles. The number of phenolic OH excluding ortho intramolecular Hbond substituents is 1.